The topological polar surface area (TPSA) is 183 Å². The Morgan fingerprint density at radius 3 is 0.672 bits per heavy atom. The molecule has 16 heteroatoms. The second-order valence-corrected chi connectivity index (χ2v) is 15.6. The van der Waals surface area contributed by atoms with Gasteiger partial charge >= 0.3 is 0 Å². The summed E-state index contributed by atoms with van der Waals surface area (Å²) in [6.45, 7) is 2.44. The van der Waals surface area contributed by atoms with Crippen LogP contribution in [0, 0.1) is 0 Å². The highest BCUT2D eigenvalue weighted by molar-refractivity contribution is 6.10. The minimum atomic E-state index is 0.302. The normalized spacial score (nSPS) is 12.1. The Hall–Kier alpha value is -6.08. The number of rotatable bonds is 16. The molecule has 0 aliphatic carbocycles. The van der Waals surface area contributed by atoms with E-state index in [-0.39, 0.29) is 0 Å². The zero-order chi connectivity index (χ0) is 44.5. The van der Waals surface area contributed by atoms with Gasteiger partial charge in [-0.05, 0) is 44.5 Å². The third kappa shape index (κ3) is 7.50. The summed E-state index contributed by atoms with van der Waals surface area (Å²) in [6.07, 6.45) is 0. The third-order valence-electron chi connectivity index (χ3n) is 11.5. The fourth-order valence-electron chi connectivity index (χ4n) is 9.05. The second kappa shape index (κ2) is 18.6. The first-order chi connectivity index (χ1) is 31.4. The molecule has 8 bridgehead atoms. The van der Waals surface area contributed by atoms with Crippen molar-refractivity contribution in [3.63, 3.8) is 0 Å². The quantitative estimate of drug-likeness (QED) is 0.0952. The van der Waals surface area contributed by atoms with E-state index < -0.39 is 0 Å². The van der Waals surface area contributed by atoms with Crippen LogP contribution in [0.3, 0.4) is 0 Å². The molecule has 3 aromatic heterocycles. The van der Waals surface area contributed by atoms with Gasteiger partial charge in [-0.15, -0.1) is 0 Å². The lowest BCUT2D eigenvalue weighted by Gasteiger charge is -2.12. The molecule has 16 nitrogen and oxygen atoms in total. The van der Waals surface area contributed by atoms with Gasteiger partial charge in [-0.2, -0.15) is 0 Å². The molecule has 2 N–H and O–H groups in total. The second-order valence-electron chi connectivity index (χ2n) is 15.6. The summed E-state index contributed by atoms with van der Waals surface area (Å²) >= 11 is 0. The van der Waals surface area contributed by atoms with Crippen LogP contribution in [-0.2, 0) is 90.7 Å². The van der Waals surface area contributed by atoms with Crippen LogP contribution in [0.2, 0.25) is 0 Å². The number of fused-ring (bicyclic) bond motifs is 20. The van der Waals surface area contributed by atoms with Crippen LogP contribution in [0.15, 0.2) is 48.5 Å². The van der Waals surface area contributed by atoms with E-state index in [1.807, 2.05) is 48.5 Å². The molecular weight excluding hydrogens is 817 g/mol. The van der Waals surface area contributed by atoms with Crippen LogP contribution in [0.25, 0.3) is 89.7 Å². The number of nitrogens with zero attached hydrogens (tertiary/aromatic N) is 6. The summed E-state index contributed by atoms with van der Waals surface area (Å²) in [5, 5.41) is 3.23. The summed E-state index contributed by atoms with van der Waals surface area (Å²) in [7, 11) is 13.4. The van der Waals surface area contributed by atoms with Crippen molar-refractivity contribution in [2.75, 3.05) is 56.9 Å². The van der Waals surface area contributed by atoms with Gasteiger partial charge in [0.1, 0.15) is 22.6 Å². The van der Waals surface area contributed by atoms with Gasteiger partial charge in [0.25, 0.3) is 0 Å². The number of nitrogens with one attached hydrogen (secondary N) is 2. The average molecular weight is 867 g/mol. The molecule has 330 valence electrons. The van der Waals surface area contributed by atoms with Crippen LogP contribution in [-0.4, -0.2) is 96.8 Å². The minimum absolute atomic E-state index is 0.302. The first kappa shape index (κ1) is 43.2. The van der Waals surface area contributed by atoms with E-state index in [2.05, 4.69) is 9.97 Å². The summed E-state index contributed by atoms with van der Waals surface area (Å²) in [5.41, 5.74) is 12.3. The highest BCUT2D eigenvalue weighted by Gasteiger charge is 2.30. The highest BCUT2D eigenvalue weighted by atomic mass is 16.5. The molecule has 0 fully saturated rings. The number of hydrogen-bond donors (Lipinski definition) is 2. The summed E-state index contributed by atoms with van der Waals surface area (Å²) < 4.78 is 46.2. The summed E-state index contributed by atoms with van der Waals surface area (Å²) in [5.74, 6) is 1.74. The van der Waals surface area contributed by atoms with Gasteiger partial charge in [0, 0.05) is 101 Å². The van der Waals surface area contributed by atoms with Crippen molar-refractivity contribution in [2.45, 2.75) is 52.9 Å². The zero-order valence-corrected chi connectivity index (χ0v) is 37.2. The van der Waals surface area contributed by atoms with E-state index in [0.29, 0.717) is 98.7 Å². The zero-order valence-electron chi connectivity index (χ0n) is 37.2. The molecular formula is C48H50N8O8. The Morgan fingerprint density at radius 2 is 0.469 bits per heavy atom. The van der Waals surface area contributed by atoms with Crippen molar-refractivity contribution in [2.24, 2.45) is 0 Å². The molecule has 0 amide bonds. The summed E-state index contributed by atoms with van der Waals surface area (Å²) in [4.78, 5) is 39.4. The molecule has 2 aliphatic heterocycles. The Kier molecular flexibility index (Phi) is 12.5. The number of benzene rings is 4. The Labute approximate surface area is 369 Å². The van der Waals surface area contributed by atoms with Gasteiger partial charge in [-0.3, -0.25) is 0 Å². The van der Waals surface area contributed by atoms with Crippen molar-refractivity contribution in [3.05, 3.63) is 93.0 Å². The molecule has 0 unspecified atom stereocenters. The number of hydrogen-bond acceptors (Lipinski definition) is 14. The third-order valence-corrected chi connectivity index (χ3v) is 11.5. The predicted octanol–water partition coefficient (Wildman–Crippen LogP) is 8.04. The van der Waals surface area contributed by atoms with Crippen LogP contribution in [0.4, 0.5) is 0 Å². The van der Waals surface area contributed by atoms with Crippen molar-refractivity contribution in [1.82, 2.24) is 39.9 Å². The van der Waals surface area contributed by atoms with Gasteiger partial charge < -0.3 is 47.9 Å². The maximum atomic E-state index is 5.78. The van der Waals surface area contributed by atoms with E-state index in [1.165, 1.54) is 0 Å². The smallest absolute Gasteiger partial charge is 0.165 e. The molecule has 7 aromatic rings. The molecule has 64 heavy (non-hydrogen) atoms. The van der Waals surface area contributed by atoms with E-state index in [9.17, 15) is 0 Å². The number of H-pyrrole nitrogens is 2. The maximum absolute atomic E-state index is 5.78. The molecule has 0 saturated heterocycles. The number of aromatic amines is 2. The Bertz CT molecular complexity index is 2690. The monoisotopic (exact) mass is 866 g/mol. The van der Waals surface area contributed by atoms with Crippen molar-refractivity contribution < 1.29 is 37.9 Å². The fraction of sp³-hybridized carbons (Fsp3) is 0.333. The molecule has 2 aliphatic rings. The van der Waals surface area contributed by atoms with Crippen molar-refractivity contribution >= 4 is 44.1 Å². The highest BCUT2D eigenvalue weighted by Crippen LogP contribution is 2.43. The van der Waals surface area contributed by atoms with Gasteiger partial charge in [0.15, 0.2) is 23.3 Å². The van der Waals surface area contributed by atoms with Crippen LogP contribution >= 0.6 is 0 Å². The largest absolute Gasteiger partial charge is 0.380 e. The molecule has 5 heterocycles. The molecule has 0 spiro atoms. The van der Waals surface area contributed by atoms with E-state index >= 15 is 0 Å². The number of aromatic nitrogens is 8. The minimum Gasteiger partial charge on any atom is -0.380 e. The molecule has 0 atom stereocenters. The van der Waals surface area contributed by atoms with Crippen LogP contribution < -0.4 is 0 Å². The lowest BCUT2D eigenvalue weighted by atomic mass is 9.97. The summed E-state index contributed by atoms with van der Waals surface area (Å²) in [6, 6.07) is 16.3. The van der Waals surface area contributed by atoms with Gasteiger partial charge in [-0.25, -0.2) is 29.9 Å². The van der Waals surface area contributed by atoms with Gasteiger partial charge in [0.05, 0.1) is 52.9 Å². The first-order valence-electron chi connectivity index (χ1n) is 20.7. The standard InChI is InChI=1S/C48H50N8O8/c1-57-17-25-9-10-26(18-58-2)34-33(25)41-49-42(34)54-44-37-29(21-61-5)13-14-30(22-62-6)38(37)46(51-44)56-48-40-32(24-64-8)16-15-31(23-63-7)39(40)47(52-48)55-45-36-28(20-60-4)12-11-27(19-59-3)35(36)43(50-45)53-41/h9-16H,17-24H2,1-8H3,(H2,49,50,51,52,53,54,55,56). The molecule has 4 aromatic carbocycles. The van der Waals surface area contributed by atoms with Crippen molar-refractivity contribution in [3.8, 4) is 45.6 Å². The lowest BCUT2D eigenvalue weighted by molar-refractivity contribution is 0.183. The molecule has 9 rings (SSSR count). The average Bonchev–Trinajstić information content (AvgIpc) is 4.04. The van der Waals surface area contributed by atoms with Crippen LogP contribution in [0.1, 0.15) is 44.5 Å². The fourth-order valence-corrected chi connectivity index (χ4v) is 9.05. The Morgan fingerprint density at radius 1 is 0.281 bits per heavy atom. The van der Waals surface area contributed by atoms with Gasteiger partial charge in [-0.1, -0.05) is 48.5 Å². The maximum Gasteiger partial charge on any atom is 0.165 e. The molecule has 0 radical (unpaired) electrons. The van der Waals surface area contributed by atoms with E-state index in [4.69, 9.17) is 67.8 Å². The predicted molar refractivity (Wildman–Crippen MR) is 242 cm³/mol. The molecule has 0 saturated carbocycles. The lowest BCUT2D eigenvalue weighted by Crippen LogP contribution is -1.99. The number of ether oxygens (including phenoxy) is 8. The van der Waals surface area contributed by atoms with Crippen LogP contribution in [0.5, 0.6) is 0 Å². The Balaban J connectivity index is 1.57. The van der Waals surface area contributed by atoms with E-state index in [0.717, 1.165) is 88.3 Å². The van der Waals surface area contributed by atoms with Crippen molar-refractivity contribution in [1.29, 1.82) is 0 Å². The van der Waals surface area contributed by atoms with Gasteiger partial charge in [0.2, 0.25) is 0 Å². The SMILES string of the molecule is COCc1ccc(COC)c2c1-c1nc-2nc2[nH]c(nc3nc(nc4[nH]c(n1)c1c(COC)ccc(COC)c41)-c1c(COC)ccc(COC)c1-3)c1c(COC)ccc(COC)c21. The van der Waals surface area contributed by atoms with E-state index in [1.54, 1.807) is 56.9 Å². The first-order valence-corrected chi connectivity index (χ1v) is 20.7. The number of methoxy groups -OCH3 is 8.